The molecule has 1 amide bonds. The van der Waals surface area contributed by atoms with E-state index in [2.05, 4.69) is 29.2 Å². The van der Waals surface area contributed by atoms with Gasteiger partial charge in [-0.2, -0.15) is 0 Å². The first-order chi connectivity index (χ1) is 10.3. The van der Waals surface area contributed by atoms with Gasteiger partial charge >= 0.3 is 0 Å². The van der Waals surface area contributed by atoms with Crippen molar-refractivity contribution >= 4 is 5.91 Å². The maximum absolute atomic E-state index is 12.5. The number of likely N-dealkylation sites (tertiary alicyclic amines) is 1. The van der Waals surface area contributed by atoms with Crippen molar-refractivity contribution in [2.45, 2.75) is 38.0 Å². The summed E-state index contributed by atoms with van der Waals surface area (Å²) in [5.41, 5.74) is 7.27. The summed E-state index contributed by atoms with van der Waals surface area (Å²) in [4.78, 5) is 14.6. The Labute approximate surface area is 127 Å². The maximum atomic E-state index is 12.5. The minimum atomic E-state index is 0.346. The van der Waals surface area contributed by atoms with Crippen molar-refractivity contribution in [2.75, 3.05) is 19.6 Å². The zero-order valence-electron chi connectivity index (χ0n) is 12.7. The summed E-state index contributed by atoms with van der Waals surface area (Å²) in [5, 5.41) is 0. The highest BCUT2D eigenvalue weighted by atomic mass is 16.2. The normalized spacial score (nSPS) is 26.4. The summed E-state index contributed by atoms with van der Waals surface area (Å²) < 4.78 is 0. The predicted octanol–water partition coefficient (Wildman–Crippen LogP) is 2.77. The maximum Gasteiger partial charge on any atom is 0.222 e. The number of hydrogen-bond donors (Lipinski definition) is 1. The van der Waals surface area contributed by atoms with E-state index >= 15 is 0 Å². The lowest BCUT2D eigenvalue weighted by molar-refractivity contribution is -0.131. The quantitative estimate of drug-likeness (QED) is 0.925. The molecule has 1 aromatic carbocycles. The van der Waals surface area contributed by atoms with E-state index in [1.54, 1.807) is 0 Å². The standard InChI is InChI=1S/C18H26N2O/c19-11-16-12-20(18(21)10-14-6-4-5-7-14)13-17(16)15-8-2-1-3-9-15/h1-3,8-9,14,16-17H,4-7,10-13,19H2/t16-,17+/m1/s1. The molecule has 2 aliphatic rings. The first kappa shape index (κ1) is 14.6. The van der Waals surface area contributed by atoms with Gasteiger partial charge in [0.1, 0.15) is 0 Å². The molecule has 0 bridgehead atoms. The van der Waals surface area contributed by atoms with Crippen molar-refractivity contribution in [1.82, 2.24) is 4.90 Å². The van der Waals surface area contributed by atoms with Gasteiger partial charge in [0.05, 0.1) is 0 Å². The highest BCUT2D eigenvalue weighted by Gasteiger charge is 2.35. The number of rotatable bonds is 4. The second-order valence-electron chi connectivity index (χ2n) is 6.67. The van der Waals surface area contributed by atoms with Crippen molar-refractivity contribution in [3.05, 3.63) is 35.9 Å². The van der Waals surface area contributed by atoms with E-state index in [1.807, 2.05) is 6.07 Å². The zero-order valence-corrected chi connectivity index (χ0v) is 12.7. The van der Waals surface area contributed by atoms with Gasteiger partial charge in [0, 0.05) is 25.4 Å². The molecular weight excluding hydrogens is 260 g/mol. The first-order valence-electron chi connectivity index (χ1n) is 8.30. The van der Waals surface area contributed by atoms with Crippen molar-refractivity contribution in [2.24, 2.45) is 17.6 Å². The number of nitrogens with zero attached hydrogens (tertiary/aromatic N) is 1. The van der Waals surface area contributed by atoms with Gasteiger partial charge in [0.15, 0.2) is 0 Å². The first-order valence-corrected chi connectivity index (χ1v) is 8.30. The second kappa shape index (κ2) is 6.61. The molecule has 0 spiro atoms. The molecule has 1 aliphatic carbocycles. The lowest BCUT2D eigenvalue weighted by Crippen LogP contribution is -2.30. The molecular formula is C18H26N2O. The third-order valence-electron chi connectivity index (χ3n) is 5.26. The molecule has 1 saturated carbocycles. The molecule has 2 fully saturated rings. The minimum Gasteiger partial charge on any atom is -0.342 e. The second-order valence-corrected chi connectivity index (χ2v) is 6.67. The number of benzene rings is 1. The summed E-state index contributed by atoms with van der Waals surface area (Å²) in [6, 6.07) is 10.5. The zero-order chi connectivity index (χ0) is 14.7. The van der Waals surface area contributed by atoms with E-state index in [9.17, 15) is 4.79 Å². The lowest BCUT2D eigenvalue weighted by atomic mass is 9.89. The van der Waals surface area contributed by atoms with Crippen LogP contribution in [0.4, 0.5) is 0 Å². The monoisotopic (exact) mass is 286 g/mol. The highest BCUT2D eigenvalue weighted by Crippen LogP contribution is 2.34. The topological polar surface area (TPSA) is 46.3 Å². The SMILES string of the molecule is NC[C@@H]1CN(C(=O)CC2CCCC2)C[C@H]1c1ccccc1. The molecule has 3 nitrogen and oxygen atoms in total. The Balaban J connectivity index is 1.64. The predicted molar refractivity (Wildman–Crippen MR) is 84.9 cm³/mol. The molecule has 0 unspecified atom stereocenters. The van der Waals surface area contributed by atoms with Gasteiger partial charge in [-0.1, -0.05) is 43.2 Å². The molecule has 2 N–H and O–H groups in total. The van der Waals surface area contributed by atoms with Gasteiger partial charge in [-0.3, -0.25) is 4.79 Å². The van der Waals surface area contributed by atoms with Crippen LogP contribution in [0.3, 0.4) is 0 Å². The van der Waals surface area contributed by atoms with Crippen LogP contribution in [0, 0.1) is 11.8 Å². The molecule has 0 radical (unpaired) electrons. The Hall–Kier alpha value is -1.35. The average molecular weight is 286 g/mol. The largest absolute Gasteiger partial charge is 0.342 e. The molecule has 1 aromatic rings. The Morgan fingerprint density at radius 3 is 2.52 bits per heavy atom. The van der Waals surface area contributed by atoms with Crippen molar-refractivity contribution < 1.29 is 4.79 Å². The molecule has 1 aliphatic heterocycles. The van der Waals surface area contributed by atoms with Crippen LogP contribution in [0.15, 0.2) is 30.3 Å². The summed E-state index contributed by atoms with van der Waals surface area (Å²) >= 11 is 0. The molecule has 3 rings (SSSR count). The van der Waals surface area contributed by atoms with Crippen molar-refractivity contribution in [3.8, 4) is 0 Å². The van der Waals surface area contributed by atoms with Crippen molar-refractivity contribution in [3.63, 3.8) is 0 Å². The molecule has 21 heavy (non-hydrogen) atoms. The van der Waals surface area contributed by atoms with Crippen LogP contribution in [0.5, 0.6) is 0 Å². The van der Waals surface area contributed by atoms with Gasteiger partial charge in [0.25, 0.3) is 0 Å². The fourth-order valence-corrected chi connectivity index (χ4v) is 3.98. The van der Waals surface area contributed by atoms with E-state index in [0.717, 1.165) is 19.5 Å². The number of carbonyl (C=O) groups excluding carboxylic acids is 1. The number of nitrogens with two attached hydrogens (primary N) is 1. The van der Waals surface area contributed by atoms with Crippen LogP contribution < -0.4 is 5.73 Å². The van der Waals surface area contributed by atoms with Gasteiger partial charge in [-0.05, 0) is 36.8 Å². The Morgan fingerprint density at radius 2 is 1.86 bits per heavy atom. The molecule has 3 heteroatoms. The molecule has 2 atom stereocenters. The van der Waals surface area contributed by atoms with Gasteiger partial charge < -0.3 is 10.6 Å². The Morgan fingerprint density at radius 1 is 1.14 bits per heavy atom. The van der Waals surface area contributed by atoms with Crippen LogP contribution >= 0.6 is 0 Å². The summed E-state index contributed by atoms with van der Waals surface area (Å²) in [7, 11) is 0. The Bertz CT molecular complexity index is 467. The smallest absolute Gasteiger partial charge is 0.222 e. The van der Waals surface area contributed by atoms with Gasteiger partial charge in [-0.15, -0.1) is 0 Å². The third kappa shape index (κ3) is 3.29. The molecule has 114 valence electrons. The van der Waals surface area contributed by atoms with Crippen LogP contribution in [-0.4, -0.2) is 30.4 Å². The summed E-state index contributed by atoms with van der Waals surface area (Å²) in [5.74, 6) is 1.78. The number of amides is 1. The van der Waals surface area contributed by atoms with E-state index in [0.29, 0.717) is 30.2 Å². The van der Waals surface area contributed by atoms with E-state index < -0.39 is 0 Å². The van der Waals surface area contributed by atoms with Crippen LogP contribution in [0.25, 0.3) is 0 Å². The van der Waals surface area contributed by atoms with Crippen LogP contribution in [0.2, 0.25) is 0 Å². The molecule has 1 heterocycles. The summed E-state index contributed by atoms with van der Waals surface area (Å²) in [6.07, 6.45) is 5.83. The third-order valence-corrected chi connectivity index (χ3v) is 5.26. The van der Waals surface area contributed by atoms with Crippen molar-refractivity contribution in [1.29, 1.82) is 0 Å². The lowest BCUT2D eigenvalue weighted by Gasteiger charge is -2.19. The summed E-state index contributed by atoms with van der Waals surface area (Å²) in [6.45, 7) is 2.34. The van der Waals surface area contributed by atoms with E-state index in [-0.39, 0.29) is 0 Å². The van der Waals surface area contributed by atoms with Crippen LogP contribution in [-0.2, 0) is 4.79 Å². The average Bonchev–Trinajstić information content (AvgIpc) is 3.17. The molecule has 1 saturated heterocycles. The fraction of sp³-hybridized carbons (Fsp3) is 0.611. The van der Waals surface area contributed by atoms with Gasteiger partial charge in [-0.25, -0.2) is 0 Å². The van der Waals surface area contributed by atoms with Crippen LogP contribution in [0.1, 0.15) is 43.6 Å². The highest BCUT2D eigenvalue weighted by molar-refractivity contribution is 5.77. The fourth-order valence-electron chi connectivity index (χ4n) is 3.98. The number of hydrogen-bond acceptors (Lipinski definition) is 2. The Kier molecular flexibility index (Phi) is 4.59. The number of carbonyl (C=O) groups is 1. The van der Waals surface area contributed by atoms with E-state index in [1.165, 1.54) is 31.2 Å². The van der Waals surface area contributed by atoms with Gasteiger partial charge in [0.2, 0.25) is 5.91 Å². The van der Waals surface area contributed by atoms with E-state index in [4.69, 9.17) is 5.73 Å². The molecule has 0 aromatic heterocycles. The minimum absolute atomic E-state index is 0.346.